The van der Waals surface area contributed by atoms with E-state index in [9.17, 15) is 14.7 Å². The lowest BCUT2D eigenvalue weighted by molar-refractivity contribution is -0.176. The van der Waals surface area contributed by atoms with Gasteiger partial charge in [0.2, 0.25) is 0 Å². The predicted octanol–water partition coefficient (Wildman–Crippen LogP) is 5.25. The second-order valence-electron chi connectivity index (χ2n) is 11.5. The van der Waals surface area contributed by atoms with Gasteiger partial charge in [0.05, 0.1) is 12.1 Å². The Morgan fingerprint density at radius 1 is 1.24 bits per heavy atom. The van der Waals surface area contributed by atoms with Crippen molar-refractivity contribution < 1.29 is 19.4 Å². The molecule has 1 saturated heterocycles. The van der Waals surface area contributed by atoms with Crippen LogP contribution < -0.4 is 5.73 Å². The van der Waals surface area contributed by atoms with Gasteiger partial charge in [-0.1, -0.05) is 46.8 Å². The van der Waals surface area contributed by atoms with E-state index >= 15 is 0 Å². The maximum atomic E-state index is 13.5. The highest BCUT2D eigenvalue weighted by atomic mass is 32.2. The predicted molar refractivity (Wildman–Crippen MR) is 148 cm³/mol. The van der Waals surface area contributed by atoms with Crippen molar-refractivity contribution in [2.75, 3.05) is 5.73 Å². The Morgan fingerprint density at radius 3 is 2.59 bits per heavy atom. The van der Waals surface area contributed by atoms with Crippen LogP contribution in [-0.2, 0) is 32.8 Å². The molecule has 8 heteroatoms. The number of nitrogens with two attached hydrogens (primary N) is 1. The molecule has 2 atom stereocenters. The maximum Gasteiger partial charge on any atom is 0.327 e. The number of carbonyl (C=O) groups is 2. The first-order chi connectivity index (χ1) is 17.3. The van der Waals surface area contributed by atoms with E-state index in [-0.39, 0.29) is 30.1 Å². The average molecular weight is 524 g/mol. The van der Waals surface area contributed by atoms with Crippen LogP contribution in [-0.4, -0.2) is 37.9 Å². The van der Waals surface area contributed by atoms with Gasteiger partial charge >= 0.3 is 5.97 Å². The lowest BCUT2D eigenvalue weighted by Gasteiger charge is -2.41. The molecule has 1 aliphatic rings. The maximum absolute atomic E-state index is 13.5. The minimum Gasteiger partial charge on any atom is -0.457 e. The molecule has 3 aromatic rings. The van der Waals surface area contributed by atoms with E-state index in [1.807, 2.05) is 51.1 Å². The van der Waals surface area contributed by atoms with E-state index in [0.717, 1.165) is 38.1 Å². The fourth-order valence-corrected chi connectivity index (χ4v) is 6.32. The second kappa shape index (κ2) is 10.1. The summed E-state index contributed by atoms with van der Waals surface area (Å²) >= 11 is 1.27. The Balaban J connectivity index is 1.56. The van der Waals surface area contributed by atoms with Crippen molar-refractivity contribution in [3.63, 3.8) is 0 Å². The van der Waals surface area contributed by atoms with Crippen molar-refractivity contribution in [3.05, 3.63) is 52.6 Å². The minimum absolute atomic E-state index is 0.0229. The molecule has 0 aliphatic carbocycles. The minimum atomic E-state index is -0.908. The molecule has 7 nitrogen and oxygen atoms in total. The van der Waals surface area contributed by atoms with E-state index in [0.29, 0.717) is 18.7 Å². The summed E-state index contributed by atoms with van der Waals surface area (Å²) < 4.78 is 6.15. The van der Waals surface area contributed by atoms with Gasteiger partial charge in [-0.05, 0) is 71.6 Å². The number of aliphatic hydroxyl groups excluding tert-OH is 1. The monoisotopic (exact) mass is 523 g/mol. The van der Waals surface area contributed by atoms with Gasteiger partial charge in [-0.25, -0.2) is 0 Å². The summed E-state index contributed by atoms with van der Waals surface area (Å²) in [6, 6.07) is 9.90. The number of hydrogen-bond donors (Lipinski definition) is 3. The summed E-state index contributed by atoms with van der Waals surface area (Å²) in [4.78, 5) is 27.7. The summed E-state index contributed by atoms with van der Waals surface area (Å²) in [5, 5.41) is 16.7. The van der Waals surface area contributed by atoms with Crippen molar-refractivity contribution in [2.24, 2.45) is 5.92 Å². The van der Waals surface area contributed by atoms with Crippen LogP contribution in [0.3, 0.4) is 0 Å². The molecule has 2 aromatic carbocycles. The molecule has 198 valence electrons. The van der Waals surface area contributed by atoms with E-state index in [2.05, 4.69) is 31.0 Å². The summed E-state index contributed by atoms with van der Waals surface area (Å²) in [7, 11) is 0. The van der Waals surface area contributed by atoms with Gasteiger partial charge in [0.25, 0.3) is 0 Å². The topological polar surface area (TPSA) is 118 Å². The van der Waals surface area contributed by atoms with E-state index < -0.39 is 16.8 Å². The number of benzene rings is 2. The van der Waals surface area contributed by atoms with Crippen LogP contribution in [0.2, 0.25) is 0 Å². The number of aliphatic hydroxyl groups is 1. The van der Waals surface area contributed by atoms with E-state index in [1.54, 1.807) is 0 Å². The van der Waals surface area contributed by atoms with Crippen molar-refractivity contribution >= 4 is 40.2 Å². The lowest BCUT2D eigenvalue weighted by Crippen LogP contribution is -2.52. The van der Waals surface area contributed by atoms with Gasteiger partial charge in [-0.2, -0.15) is 5.10 Å². The summed E-state index contributed by atoms with van der Waals surface area (Å²) in [5.74, 6) is -0.154. The van der Waals surface area contributed by atoms with E-state index in [1.165, 1.54) is 11.8 Å². The van der Waals surface area contributed by atoms with Crippen molar-refractivity contribution in [1.82, 2.24) is 10.2 Å². The molecule has 0 amide bonds. The van der Waals surface area contributed by atoms with Gasteiger partial charge in [0.1, 0.15) is 5.60 Å². The number of fused-ring (bicyclic) bond motifs is 1. The Labute approximate surface area is 222 Å². The highest BCUT2D eigenvalue weighted by Crippen LogP contribution is 2.43. The Kier molecular flexibility index (Phi) is 7.45. The van der Waals surface area contributed by atoms with Gasteiger partial charge in [0.15, 0.2) is 16.9 Å². The number of ketones is 1. The van der Waals surface area contributed by atoms with Crippen molar-refractivity contribution in [2.45, 2.75) is 88.6 Å². The number of nitrogens with zero attached hydrogens (tertiary/aromatic N) is 1. The zero-order valence-electron chi connectivity index (χ0n) is 22.5. The van der Waals surface area contributed by atoms with Gasteiger partial charge in [0, 0.05) is 16.7 Å². The summed E-state index contributed by atoms with van der Waals surface area (Å²) in [5.41, 5.74) is 9.59. The Morgan fingerprint density at radius 2 is 1.97 bits per heavy atom. The quantitative estimate of drug-likeness (QED) is 0.286. The molecule has 1 fully saturated rings. The zero-order valence-corrected chi connectivity index (χ0v) is 23.3. The summed E-state index contributed by atoms with van der Waals surface area (Å²) in [6.45, 7) is 12.1. The van der Waals surface area contributed by atoms with E-state index in [4.69, 9.17) is 10.5 Å². The number of thioether (sulfide) groups is 1. The highest BCUT2D eigenvalue weighted by molar-refractivity contribution is 8.01. The number of aryl methyl sites for hydroxylation is 2. The van der Waals surface area contributed by atoms with Crippen LogP contribution in [0.15, 0.2) is 35.2 Å². The molecule has 0 bridgehead atoms. The average Bonchev–Trinajstić information content (AvgIpc) is 3.19. The van der Waals surface area contributed by atoms with Crippen LogP contribution in [0.5, 0.6) is 0 Å². The van der Waals surface area contributed by atoms with Gasteiger partial charge in [-0.15, -0.1) is 11.8 Å². The third-order valence-corrected chi connectivity index (χ3v) is 8.77. The number of Topliss-reactive ketones (excluding diaryl/α,β-unsaturated/α-hetero) is 1. The Bertz CT molecular complexity index is 1320. The lowest BCUT2D eigenvalue weighted by atomic mass is 9.78. The normalized spacial score (nSPS) is 20.6. The molecule has 0 radical (unpaired) electrons. The number of nitrogens with one attached hydrogen (secondary N) is 1. The van der Waals surface area contributed by atoms with Crippen LogP contribution >= 0.6 is 11.8 Å². The standard InChI is InChI=1S/C29H37N3O4S/c1-16(2)29(10-9-18-7-8-22-20(12-18)26(30)32-31-22)14-23(34)25(27(35)36-29)37-24-11-17(3)19(15-33)13-21(24)28(4,5)6/h7-8,11-13,16,25,33H,9-10,14-15H2,1-6H3,(H3,30,31,32). The van der Waals surface area contributed by atoms with Gasteiger partial charge in [-0.3, -0.25) is 14.7 Å². The van der Waals surface area contributed by atoms with Crippen molar-refractivity contribution in [1.29, 1.82) is 0 Å². The molecule has 4 N–H and O–H groups in total. The molecular formula is C29H37N3O4S. The molecule has 1 aromatic heterocycles. The third-order valence-electron chi connectivity index (χ3n) is 7.49. The number of aromatic nitrogens is 2. The first-order valence-electron chi connectivity index (χ1n) is 12.7. The molecular weight excluding hydrogens is 486 g/mol. The highest BCUT2D eigenvalue weighted by Gasteiger charge is 2.49. The SMILES string of the molecule is Cc1cc(SC2C(=O)CC(CCc3ccc4[nH]nc(N)c4c3)(C(C)C)OC2=O)c(C(C)(C)C)cc1CO. The number of esters is 1. The molecule has 37 heavy (non-hydrogen) atoms. The molecule has 0 spiro atoms. The number of hydrogen-bond acceptors (Lipinski definition) is 7. The molecule has 1 aliphatic heterocycles. The number of H-pyrrole nitrogens is 1. The smallest absolute Gasteiger partial charge is 0.327 e. The van der Waals surface area contributed by atoms with Crippen LogP contribution in [0.1, 0.15) is 69.7 Å². The Hall–Kier alpha value is -2.84. The fourth-order valence-electron chi connectivity index (χ4n) is 4.97. The van der Waals surface area contributed by atoms with Crippen LogP contribution in [0.4, 0.5) is 5.82 Å². The fraction of sp³-hybridized carbons (Fsp3) is 0.483. The van der Waals surface area contributed by atoms with Crippen LogP contribution in [0, 0.1) is 12.8 Å². The molecule has 4 rings (SSSR count). The number of ether oxygens (including phenoxy) is 1. The number of anilines is 1. The van der Waals surface area contributed by atoms with Crippen LogP contribution in [0.25, 0.3) is 10.9 Å². The number of rotatable bonds is 7. The first-order valence-corrected chi connectivity index (χ1v) is 13.6. The molecule has 2 unspecified atom stereocenters. The largest absolute Gasteiger partial charge is 0.457 e. The van der Waals surface area contributed by atoms with Crippen molar-refractivity contribution in [3.8, 4) is 0 Å². The second-order valence-corrected chi connectivity index (χ2v) is 12.6. The first kappa shape index (κ1) is 27.2. The number of cyclic esters (lactones) is 1. The molecule has 2 heterocycles. The summed E-state index contributed by atoms with van der Waals surface area (Å²) in [6.07, 6.45) is 1.37. The number of nitrogen functional groups attached to an aromatic ring is 1. The zero-order chi connectivity index (χ0) is 27.1. The number of aromatic amines is 1. The third kappa shape index (κ3) is 5.41. The molecule has 0 saturated carbocycles. The number of carbonyl (C=O) groups excluding carboxylic acids is 2. The van der Waals surface area contributed by atoms with Gasteiger partial charge < -0.3 is 15.6 Å².